The minimum absolute atomic E-state index is 0.0664. The van der Waals surface area contributed by atoms with Gasteiger partial charge in [-0.25, -0.2) is 4.79 Å². The van der Waals surface area contributed by atoms with Crippen molar-refractivity contribution in [2.24, 2.45) is 17.1 Å². The number of hydrogen-bond donors (Lipinski definition) is 3. The van der Waals surface area contributed by atoms with Crippen LogP contribution in [0.25, 0.3) is 0 Å². The first-order valence-electron chi connectivity index (χ1n) is 6.29. The van der Waals surface area contributed by atoms with E-state index in [-0.39, 0.29) is 24.4 Å². The predicted octanol–water partition coefficient (Wildman–Crippen LogP) is 0.00410. The van der Waals surface area contributed by atoms with Crippen LogP contribution >= 0.6 is 0 Å². The summed E-state index contributed by atoms with van der Waals surface area (Å²) in [5.41, 5.74) is 4.22. The van der Waals surface area contributed by atoms with Gasteiger partial charge in [-0.05, 0) is 26.7 Å². The van der Waals surface area contributed by atoms with E-state index in [1.54, 1.807) is 18.7 Å². The first-order chi connectivity index (χ1) is 8.74. The van der Waals surface area contributed by atoms with E-state index in [9.17, 15) is 14.4 Å². The largest absolute Gasteiger partial charge is 0.481 e. The second-order valence-corrected chi connectivity index (χ2v) is 5.51. The summed E-state index contributed by atoms with van der Waals surface area (Å²) in [6.07, 6.45) is 1.12. The van der Waals surface area contributed by atoms with Gasteiger partial charge in [0, 0.05) is 25.6 Å². The van der Waals surface area contributed by atoms with Crippen LogP contribution in [0.4, 0.5) is 4.79 Å². The second-order valence-electron chi connectivity index (χ2n) is 5.51. The number of carbonyl (C=O) groups excluding carboxylic acids is 2. The van der Waals surface area contributed by atoms with Gasteiger partial charge in [-0.2, -0.15) is 0 Å². The number of piperidine rings is 1. The molecule has 0 aromatic carbocycles. The number of likely N-dealkylation sites (tertiary alicyclic amines) is 1. The molecule has 0 unspecified atom stereocenters. The highest BCUT2D eigenvalue weighted by molar-refractivity contribution is 5.79. The molecule has 19 heavy (non-hydrogen) atoms. The maximum atomic E-state index is 11.8. The standard InChI is InChI=1S/C12H21N3O4/c1-12(2,10(17)18)7-14-11(19)15-5-3-8(4-6-15)9(13)16/h8H,3-7H2,1-2H3,(H2,13,16)(H,14,19)(H,17,18). The summed E-state index contributed by atoms with van der Waals surface area (Å²) in [6, 6.07) is -0.294. The zero-order valence-electron chi connectivity index (χ0n) is 11.3. The lowest BCUT2D eigenvalue weighted by Gasteiger charge is -2.31. The molecule has 0 aromatic heterocycles. The van der Waals surface area contributed by atoms with Gasteiger partial charge >= 0.3 is 12.0 Å². The summed E-state index contributed by atoms with van der Waals surface area (Å²) in [5, 5.41) is 11.6. The maximum Gasteiger partial charge on any atom is 0.317 e. The zero-order valence-corrected chi connectivity index (χ0v) is 11.3. The van der Waals surface area contributed by atoms with Crippen LogP contribution in [0, 0.1) is 11.3 Å². The molecular formula is C12H21N3O4. The molecule has 0 atom stereocenters. The first-order valence-corrected chi connectivity index (χ1v) is 6.29. The third-order valence-electron chi connectivity index (χ3n) is 3.45. The Morgan fingerprint density at radius 3 is 2.26 bits per heavy atom. The van der Waals surface area contributed by atoms with E-state index in [1.807, 2.05) is 0 Å². The molecule has 7 heteroatoms. The molecule has 0 bridgehead atoms. The lowest BCUT2D eigenvalue weighted by Crippen LogP contribution is -2.49. The topological polar surface area (TPSA) is 113 Å². The number of amides is 3. The number of rotatable bonds is 4. The lowest BCUT2D eigenvalue weighted by atomic mass is 9.94. The lowest BCUT2D eigenvalue weighted by molar-refractivity contribution is -0.146. The molecule has 0 radical (unpaired) electrons. The van der Waals surface area contributed by atoms with Crippen molar-refractivity contribution in [3.63, 3.8) is 0 Å². The molecule has 0 aromatic rings. The van der Waals surface area contributed by atoms with Crippen molar-refractivity contribution in [1.29, 1.82) is 0 Å². The van der Waals surface area contributed by atoms with Crippen LogP contribution < -0.4 is 11.1 Å². The molecule has 108 valence electrons. The highest BCUT2D eigenvalue weighted by Crippen LogP contribution is 2.17. The molecule has 0 saturated carbocycles. The zero-order chi connectivity index (χ0) is 14.6. The Kier molecular flexibility index (Phi) is 4.74. The summed E-state index contributed by atoms with van der Waals surface area (Å²) in [7, 11) is 0. The van der Waals surface area contributed by atoms with Crippen molar-refractivity contribution in [1.82, 2.24) is 10.2 Å². The predicted molar refractivity (Wildman–Crippen MR) is 68.3 cm³/mol. The van der Waals surface area contributed by atoms with E-state index in [4.69, 9.17) is 10.8 Å². The summed E-state index contributed by atoms with van der Waals surface area (Å²) in [5.74, 6) is -1.45. The van der Waals surface area contributed by atoms with Crippen LogP contribution in [0.1, 0.15) is 26.7 Å². The summed E-state index contributed by atoms with van der Waals surface area (Å²) in [6.45, 7) is 4.10. The number of urea groups is 1. The fourth-order valence-electron chi connectivity index (χ4n) is 1.85. The Labute approximate surface area is 112 Å². The minimum Gasteiger partial charge on any atom is -0.481 e. The van der Waals surface area contributed by atoms with Crippen molar-refractivity contribution in [2.75, 3.05) is 19.6 Å². The smallest absolute Gasteiger partial charge is 0.317 e. The van der Waals surface area contributed by atoms with Gasteiger partial charge in [-0.15, -0.1) is 0 Å². The number of carboxylic acid groups (broad SMARTS) is 1. The second kappa shape index (κ2) is 5.90. The quantitative estimate of drug-likeness (QED) is 0.668. The number of nitrogens with two attached hydrogens (primary N) is 1. The molecule has 3 amide bonds. The molecule has 7 nitrogen and oxygen atoms in total. The Balaban J connectivity index is 2.40. The average molecular weight is 271 g/mol. The first kappa shape index (κ1) is 15.3. The van der Waals surface area contributed by atoms with Gasteiger partial charge in [0.2, 0.25) is 5.91 Å². The molecule has 1 saturated heterocycles. The fraction of sp³-hybridized carbons (Fsp3) is 0.750. The van der Waals surface area contributed by atoms with Crippen LogP contribution in [0.3, 0.4) is 0 Å². The van der Waals surface area contributed by atoms with Crippen molar-refractivity contribution in [3.05, 3.63) is 0 Å². The Bertz CT molecular complexity index is 373. The summed E-state index contributed by atoms with van der Waals surface area (Å²) in [4.78, 5) is 35.3. The third kappa shape index (κ3) is 4.11. The number of aliphatic carboxylic acids is 1. The van der Waals surface area contributed by atoms with Crippen LogP contribution in [0.15, 0.2) is 0 Å². The Hall–Kier alpha value is -1.79. The van der Waals surface area contributed by atoms with Gasteiger partial charge in [-0.1, -0.05) is 0 Å². The van der Waals surface area contributed by atoms with E-state index in [1.165, 1.54) is 0 Å². The van der Waals surface area contributed by atoms with Crippen molar-refractivity contribution < 1.29 is 19.5 Å². The van der Waals surface area contributed by atoms with E-state index in [0.29, 0.717) is 25.9 Å². The molecule has 0 aliphatic carbocycles. The molecule has 1 rings (SSSR count). The van der Waals surface area contributed by atoms with Crippen LogP contribution in [-0.4, -0.2) is 47.5 Å². The van der Waals surface area contributed by atoms with Crippen molar-refractivity contribution >= 4 is 17.9 Å². The van der Waals surface area contributed by atoms with Crippen molar-refractivity contribution in [2.45, 2.75) is 26.7 Å². The number of primary amides is 1. The molecule has 0 spiro atoms. The van der Waals surface area contributed by atoms with Gasteiger partial charge in [0.05, 0.1) is 5.41 Å². The number of carbonyl (C=O) groups is 3. The van der Waals surface area contributed by atoms with Gasteiger partial charge < -0.3 is 21.1 Å². The molecule has 1 aliphatic rings. The van der Waals surface area contributed by atoms with Gasteiger partial charge in [0.1, 0.15) is 0 Å². The number of hydrogen-bond acceptors (Lipinski definition) is 3. The summed E-state index contributed by atoms with van der Waals surface area (Å²) >= 11 is 0. The van der Waals surface area contributed by atoms with Crippen LogP contribution in [-0.2, 0) is 9.59 Å². The molecule has 1 heterocycles. The Morgan fingerprint density at radius 1 is 1.32 bits per heavy atom. The number of nitrogens with zero attached hydrogens (tertiary/aromatic N) is 1. The molecule has 1 aliphatic heterocycles. The van der Waals surface area contributed by atoms with Gasteiger partial charge in [-0.3, -0.25) is 9.59 Å². The average Bonchev–Trinajstić information content (AvgIpc) is 2.36. The van der Waals surface area contributed by atoms with E-state index >= 15 is 0 Å². The van der Waals surface area contributed by atoms with E-state index in [0.717, 1.165) is 0 Å². The minimum atomic E-state index is -0.999. The van der Waals surface area contributed by atoms with Gasteiger partial charge in [0.15, 0.2) is 0 Å². The summed E-state index contributed by atoms with van der Waals surface area (Å²) < 4.78 is 0. The molecular weight excluding hydrogens is 250 g/mol. The Morgan fingerprint density at radius 2 is 1.84 bits per heavy atom. The van der Waals surface area contributed by atoms with E-state index < -0.39 is 11.4 Å². The van der Waals surface area contributed by atoms with Crippen LogP contribution in [0.2, 0.25) is 0 Å². The fourth-order valence-corrected chi connectivity index (χ4v) is 1.85. The maximum absolute atomic E-state index is 11.8. The van der Waals surface area contributed by atoms with E-state index in [2.05, 4.69) is 5.32 Å². The third-order valence-corrected chi connectivity index (χ3v) is 3.45. The molecule has 4 N–H and O–H groups in total. The monoisotopic (exact) mass is 271 g/mol. The molecule has 1 fully saturated rings. The number of nitrogens with one attached hydrogen (secondary N) is 1. The highest BCUT2D eigenvalue weighted by Gasteiger charge is 2.30. The normalized spacial score (nSPS) is 17.1. The SMILES string of the molecule is CC(C)(CNC(=O)N1CCC(C(N)=O)CC1)C(=O)O. The number of carboxylic acids is 1. The van der Waals surface area contributed by atoms with Gasteiger partial charge in [0.25, 0.3) is 0 Å². The van der Waals surface area contributed by atoms with Crippen LogP contribution in [0.5, 0.6) is 0 Å². The highest BCUT2D eigenvalue weighted by atomic mass is 16.4. The van der Waals surface area contributed by atoms with Crippen molar-refractivity contribution in [3.8, 4) is 0 Å².